The Balaban J connectivity index is 1.95. The van der Waals surface area contributed by atoms with E-state index in [1.807, 2.05) is 19.1 Å². The Morgan fingerprint density at radius 2 is 1.88 bits per heavy atom. The van der Waals surface area contributed by atoms with Crippen molar-refractivity contribution < 1.29 is 4.74 Å². The summed E-state index contributed by atoms with van der Waals surface area (Å²) in [5.41, 5.74) is 2.35. The second-order valence-electron chi connectivity index (χ2n) is 4.43. The van der Waals surface area contributed by atoms with Crippen LogP contribution in [0.15, 0.2) is 36.4 Å². The molecule has 86 valence electrons. The number of hydrogen-bond donors (Lipinski definition) is 0. The standard InChI is InChI=1S/C14H19NO/c1-12(2)11-16-14-7-5-13(6-8-14)15-9-3-4-10-15/h5-8H,1,3-4,9-11H2,2H3. The zero-order chi connectivity index (χ0) is 11.4. The van der Waals surface area contributed by atoms with Gasteiger partial charge in [-0.1, -0.05) is 6.58 Å². The lowest BCUT2D eigenvalue weighted by Gasteiger charge is -2.17. The van der Waals surface area contributed by atoms with Gasteiger partial charge in [0.05, 0.1) is 0 Å². The maximum absolute atomic E-state index is 5.57. The summed E-state index contributed by atoms with van der Waals surface area (Å²) in [6.07, 6.45) is 2.63. The van der Waals surface area contributed by atoms with Crippen molar-refractivity contribution in [3.63, 3.8) is 0 Å². The molecule has 0 radical (unpaired) electrons. The van der Waals surface area contributed by atoms with E-state index in [4.69, 9.17) is 4.74 Å². The molecule has 0 spiro atoms. The number of rotatable bonds is 4. The predicted molar refractivity (Wildman–Crippen MR) is 68.2 cm³/mol. The Morgan fingerprint density at radius 1 is 1.25 bits per heavy atom. The third kappa shape index (κ3) is 2.78. The average Bonchev–Trinajstić information content (AvgIpc) is 2.80. The highest BCUT2D eigenvalue weighted by atomic mass is 16.5. The fraction of sp³-hybridized carbons (Fsp3) is 0.429. The molecule has 0 aliphatic carbocycles. The normalized spacial score (nSPS) is 15.2. The Bertz CT molecular complexity index is 350. The summed E-state index contributed by atoms with van der Waals surface area (Å²) in [5, 5.41) is 0. The predicted octanol–water partition coefficient (Wildman–Crippen LogP) is 3.24. The van der Waals surface area contributed by atoms with Gasteiger partial charge < -0.3 is 9.64 Å². The van der Waals surface area contributed by atoms with E-state index in [0.717, 1.165) is 11.3 Å². The summed E-state index contributed by atoms with van der Waals surface area (Å²) in [6.45, 7) is 8.76. The van der Waals surface area contributed by atoms with Crippen molar-refractivity contribution in [3.8, 4) is 5.75 Å². The van der Waals surface area contributed by atoms with Crippen LogP contribution in [0.2, 0.25) is 0 Å². The van der Waals surface area contributed by atoms with Crippen molar-refractivity contribution in [2.24, 2.45) is 0 Å². The Labute approximate surface area is 97.5 Å². The van der Waals surface area contributed by atoms with E-state index in [-0.39, 0.29) is 0 Å². The van der Waals surface area contributed by atoms with Gasteiger partial charge in [0, 0.05) is 18.8 Å². The highest BCUT2D eigenvalue weighted by Crippen LogP contribution is 2.23. The van der Waals surface area contributed by atoms with Crippen LogP contribution in [0.25, 0.3) is 0 Å². The van der Waals surface area contributed by atoms with E-state index in [9.17, 15) is 0 Å². The van der Waals surface area contributed by atoms with Crippen LogP contribution in [0, 0.1) is 0 Å². The second kappa shape index (κ2) is 5.06. The molecule has 0 saturated carbocycles. The van der Waals surface area contributed by atoms with Gasteiger partial charge in [-0.3, -0.25) is 0 Å². The second-order valence-corrected chi connectivity index (χ2v) is 4.43. The average molecular weight is 217 g/mol. The molecule has 0 bridgehead atoms. The first-order valence-corrected chi connectivity index (χ1v) is 5.88. The lowest BCUT2D eigenvalue weighted by atomic mass is 10.3. The van der Waals surface area contributed by atoms with Gasteiger partial charge in [0.25, 0.3) is 0 Å². The van der Waals surface area contributed by atoms with Crippen molar-refractivity contribution in [1.29, 1.82) is 0 Å². The van der Waals surface area contributed by atoms with Gasteiger partial charge in [0.15, 0.2) is 0 Å². The molecule has 2 heteroatoms. The molecule has 1 aliphatic rings. The van der Waals surface area contributed by atoms with E-state index in [1.54, 1.807) is 0 Å². The largest absolute Gasteiger partial charge is 0.489 e. The van der Waals surface area contributed by atoms with E-state index < -0.39 is 0 Å². The fourth-order valence-corrected chi connectivity index (χ4v) is 1.94. The Hall–Kier alpha value is -1.44. The molecule has 1 fully saturated rings. The van der Waals surface area contributed by atoms with Crippen LogP contribution in [0.4, 0.5) is 5.69 Å². The number of ether oxygens (including phenoxy) is 1. The zero-order valence-electron chi connectivity index (χ0n) is 9.91. The minimum absolute atomic E-state index is 0.600. The van der Waals surface area contributed by atoms with Gasteiger partial charge >= 0.3 is 0 Å². The maximum atomic E-state index is 5.57. The number of nitrogens with zero attached hydrogens (tertiary/aromatic N) is 1. The Kier molecular flexibility index (Phi) is 3.50. The van der Waals surface area contributed by atoms with Crippen molar-refractivity contribution in [2.75, 3.05) is 24.6 Å². The number of benzene rings is 1. The number of hydrogen-bond acceptors (Lipinski definition) is 2. The zero-order valence-corrected chi connectivity index (χ0v) is 9.91. The van der Waals surface area contributed by atoms with E-state index in [2.05, 4.69) is 23.6 Å². The van der Waals surface area contributed by atoms with Crippen LogP contribution in [0.1, 0.15) is 19.8 Å². The SMILES string of the molecule is C=C(C)COc1ccc(N2CCCC2)cc1. The molecular formula is C14H19NO. The van der Waals surface area contributed by atoms with E-state index in [1.165, 1.54) is 31.6 Å². The summed E-state index contributed by atoms with van der Waals surface area (Å²) >= 11 is 0. The molecule has 1 heterocycles. The van der Waals surface area contributed by atoms with Crippen molar-refractivity contribution in [3.05, 3.63) is 36.4 Å². The molecule has 2 nitrogen and oxygen atoms in total. The van der Waals surface area contributed by atoms with Gasteiger partial charge in [-0.05, 0) is 49.6 Å². The highest BCUT2D eigenvalue weighted by molar-refractivity contribution is 5.49. The highest BCUT2D eigenvalue weighted by Gasteiger charge is 2.11. The molecule has 0 amide bonds. The summed E-state index contributed by atoms with van der Waals surface area (Å²) in [4.78, 5) is 2.42. The minimum atomic E-state index is 0.600. The fourth-order valence-electron chi connectivity index (χ4n) is 1.94. The smallest absolute Gasteiger partial charge is 0.119 e. The molecule has 1 aliphatic heterocycles. The number of anilines is 1. The van der Waals surface area contributed by atoms with Gasteiger partial charge in [0.1, 0.15) is 12.4 Å². The molecule has 1 aromatic carbocycles. The first-order chi connectivity index (χ1) is 7.75. The van der Waals surface area contributed by atoms with E-state index in [0.29, 0.717) is 6.61 Å². The first kappa shape index (κ1) is 11.1. The monoisotopic (exact) mass is 217 g/mol. The summed E-state index contributed by atoms with van der Waals surface area (Å²) in [6, 6.07) is 8.35. The topological polar surface area (TPSA) is 12.5 Å². The summed E-state index contributed by atoms with van der Waals surface area (Å²) in [7, 11) is 0. The van der Waals surface area contributed by atoms with Crippen molar-refractivity contribution in [2.45, 2.75) is 19.8 Å². The molecule has 2 rings (SSSR count). The van der Waals surface area contributed by atoms with Gasteiger partial charge in [-0.25, -0.2) is 0 Å². The van der Waals surface area contributed by atoms with Gasteiger partial charge in [-0.15, -0.1) is 0 Å². The van der Waals surface area contributed by atoms with Crippen LogP contribution in [0.3, 0.4) is 0 Å². The quantitative estimate of drug-likeness (QED) is 0.718. The molecule has 0 unspecified atom stereocenters. The molecule has 0 N–H and O–H groups in total. The van der Waals surface area contributed by atoms with E-state index >= 15 is 0 Å². The van der Waals surface area contributed by atoms with Crippen molar-refractivity contribution in [1.82, 2.24) is 0 Å². The first-order valence-electron chi connectivity index (χ1n) is 5.88. The Morgan fingerprint density at radius 3 is 2.44 bits per heavy atom. The maximum Gasteiger partial charge on any atom is 0.119 e. The van der Waals surface area contributed by atoms with Crippen LogP contribution in [-0.2, 0) is 0 Å². The van der Waals surface area contributed by atoms with Crippen LogP contribution >= 0.6 is 0 Å². The molecular weight excluding hydrogens is 198 g/mol. The molecule has 0 atom stereocenters. The van der Waals surface area contributed by atoms with Gasteiger partial charge in [0.2, 0.25) is 0 Å². The third-order valence-corrected chi connectivity index (χ3v) is 2.79. The minimum Gasteiger partial charge on any atom is -0.489 e. The third-order valence-electron chi connectivity index (χ3n) is 2.79. The molecule has 0 aromatic heterocycles. The molecule has 1 aromatic rings. The van der Waals surface area contributed by atoms with Crippen LogP contribution < -0.4 is 9.64 Å². The molecule has 1 saturated heterocycles. The van der Waals surface area contributed by atoms with Crippen LogP contribution in [-0.4, -0.2) is 19.7 Å². The lowest BCUT2D eigenvalue weighted by Crippen LogP contribution is -2.17. The van der Waals surface area contributed by atoms with Crippen LogP contribution in [0.5, 0.6) is 5.75 Å². The lowest BCUT2D eigenvalue weighted by molar-refractivity contribution is 0.353. The summed E-state index contributed by atoms with van der Waals surface area (Å²) < 4.78 is 5.57. The van der Waals surface area contributed by atoms with Gasteiger partial charge in [-0.2, -0.15) is 0 Å². The molecule has 16 heavy (non-hydrogen) atoms. The van der Waals surface area contributed by atoms with Crippen molar-refractivity contribution >= 4 is 5.69 Å². The summed E-state index contributed by atoms with van der Waals surface area (Å²) in [5.74, 6) is 0.922.